The maximum Gasteiger partial charge on any atom is 0.338 e. The van der Waals surface area contributed by atoms with Crippen LogP contribution in [0.4, 0.5) is 4.79 Å². The van der Waals surface area contributed by atoms with Gasteiger partial charge in [0.2, 0.25) is 0 Å². The molecule has 28 heavy (non-hydrogen) atoms. The molecule has 0 radical (unpaired) electrons. The number of nitrogens with zero attached hydrogens (tertiary/aromatic N) is 1. The summed E-state index contributed by atoms with van der Waals surface area (Å²) in [4.78, 5) is 35.6. The van der Waals surface area contributed by atoms with E-state index in [0.29, 0.717) is 12.1 Å². The van der Waals surface area contributed by atoms with Gasteiger partial charge in [-0.1, -0.05) is 12.1 Å². The number of carbonyl (C=O) groups excluding carboxylic acids is 3. The number of amides is 3. The minimum Gasteiger partial charge on any atom is -0.452 e. The Morgan fingerprint density at radius 2 is 1.89 bits per heavy atom. The summed E-state index contributed by atoms with van der Waals surface area (Å²) in [5, 5.41) is 17.3. The summed E-state index contributed by atoms with van der Waals surface area (Å²) in [7, 11) is 0. The second-order valence-electron chi connectivity index (χ2n) is 7.39. The van der Waals surface area contributed by atoms with Crippen LogP contribution in [0, 0.1) is 17.2 Å². The van der Waals surface area contributed by atoms with Crippen molar-refractivity contribution < 1.29 is 19.1 Å². The van der Waals surface area contributed by atoms with E-state index in [4.69, 9.17) is 4.74 Å². The summed E-state index contributed by atoms with van der Waals surface area (Å²) in [6.07, 6.45) is 1.81. The van der Waals surface area contributed by atoms with Crippen molar-refractivity contribution in [2.45, 2.75) is 51.7 Å². The third-order valence-electron chi connectivity index (χ3n) is 4.42. The van der Waals surface area contributed by atoms with Crippen LogP contribution < -0.4 is 16.0 Å². The van der Waals surface area contributed by atoms with Crippen LogP contribution >= 0.6 is 0 Å². The predicted octanol–water partition coefficient (Wildman–Crippen LogP) is 1.86. The Balaban J connectivity index is 1.78. The van der Waals surface area contributed by atoms with Crippen LogP contribution in [0.2, 0.25) is 0 Å². The fourth-order valence-electron chi connectivity index (χ4n) is 2.68. The highest BCUT2D eigenvalue weighted by Gasteiger charge is 2.43. The van der Waals surface area contributed by atoms with Crippen molar-refractivity contribution in [3.63, 3.8) is 0 Å². The standard InChI is InChI=1S/C20H26N4O4/c1-13(2)23-19(27)22-10-14-4-6-15(7-5-14)18(26)28-11-17(25)24-20(3,12-21)16-8-9-16/h4-7,13,16H,8-11H2,1-3H3,(H,24,25)(H2,22,23,27)/t20-/m0/s1. The molecule has 0 spiro atoms. The Bertz CT molecular complexity index is 765. The minimum atomic E-state index is -0.917. The van der Waals surface area contributed by atoms with Gasteiger partial charge < -0.3 is 20.7 Å². The lowest BCUT2D eigenvalue weighted by molar-refractivity contribution is -0.125. The largest absolute Gasteiger partial charge is 0.452 e. The second kappa shape index (κ2) is 9.22. The fourth-order valence-corrected chi connectivity index (χ4v) is 2.68. The van der Waals surface area contributed by atoms with E-state index in [1.807, 2.05) is 13.8 Å². The number of benzene rings is 1. The number of hydrogen-bond acceptors (Lipinski definition) is 5. The van der Waals surface area contributed by atoms with Crippen LogP contribution in [0.25, 0.3) is 0 Å². The monoisotopic (exact) mass is 386 g/mol. The van der Waals surface area contributed by atoms with Crippen molar-refractivity contribution in [3.05, 3.63) is 35.4 Å². The first kappa shape index (κ1) is 21.2. The van der Waals surface area contributed by atoms with Crippen LogP contribution in [0.3, 0.4) is 0 Å². The van der Waals surface area contributed by atoms with Gasteiger partial charge in [0.25, 0.3) is 5.91 Å². The zero-order chi connectivity index (χ0) is 20.7. The third kappa shape index (κ3) is 6.27. The number of esters is 1. The van der Waals surface area contributed by atoms with Gasteiger partial charge in [-0.25, -0.2) is 9.59 Å². The van der Waals surface area contributed by atoms with Gasteiger partial charge >= 0.3 is 12.0 Å². The van der Waals surface area contributed by atoms with Crippen molar-refractivity contribution in [2.24, 2.45) is 5.92 Å². The molecule has 3 amide bonds. The molecule has 0 aliphatic heterocycles. The molecule has 1 saturated carbocycles. The van der Waals surface area contributed by atoms with Crippen LogP contribution in [0.5, 0.6) is 0 Å². The summed E-state index contributed by atoms with van der Waals surface area (Å²) < 4.78 is 5.02. The molecule has 1 fully saturated rings. The Morgan fingerprint density at radius 3 is 2.43 bits per heavy atom. The molecule has 8 heteroatoms. The SMILES string of the molecule is CC(C)NC(=O)NCc1ccc(C(=O)OCC(=O)N[C@@](C)(C#N)C2CC2)cc1. The molecule has 0 bridgehead atoms. The molecule has 3 N–H and O–H groups in total. The van der Waals surface area contributed by atoms with E-state index in [0.717, 1.165) is 18.4 Å². The number of carbonyl (C=O) groups is 3. The van der Waals surface area contributed by atoms with Gasteiger partial charge in [0.1, 0.15) is 5.54 Å². The number of ether oxygens (including phenoxy) is 1. The van der Waals surface area contributed by atoms with Crippen LogP contribution in [0.1, 0.15) is 49.5 Å². The molecular weight excluding hydrogens is 360 g/mol. The summed E-state index contributed by atoms with van der Waals surface area (Å²) >= 11 is 0. The summed E-state index contributed by atoms with van der Waals surface area (Å²) in [6, 6.07) is 8.44. The highest BCUT2D eigenvalue weighted by molar-refractivity contribution is 5.91. The van der Waals surface area contributed by atoms with E-state index < -0.39 is 24.0 Å². The molecule has 0 heterocycles. The first-order valence-electron chi connectivity index (χ1n) is 9.26. The van der Waals surface area contributed by atoms with Crippen molar-refractivity contribution in [1.82, 2.24) is 16.0 Å². The number of urea groups is 1. The predicted molar refractivity (Wildman–Crippen MR) is 102 cm³/mol. The van der Waals surface area contributed by atoms with Crippen LogP contribution in [-0.4, -0.2) is 36.1 Å². The smallest absolute Gasteiger partial charge is 0.338 e. The molecule has 1 aromatic carbocycles. The lowest BCUT2D eigenvalue weighted by Crippen LogP contribution is -2.48. The maximum absolute atomic E-state index is 12.1. The first-order valence-corrected chi connectivity index (χ1v) is 9.26. The van der Waals surface area contributed by atoms with Gasteiger partial charge in [0.15, 0.2) is 6.61 Å². The van der Waals surface area contributed by atoms with Crippen molar-refractivity contribution in [2.75, 3.05) is 6.61 Å². The van der Waals surface area contributed by atoms with E-state index >= 15 is 0 Å². The molecule has 1 aromatic rings. The Kier molecular flexibility index (Phi) is 6.99. The summed E-state index contributed by atoms with van der Waals surface area (Å²) in [6.45, 7) is 5.30. The van der Waals surface area contributed by atoms with E-state index in [9.17, 15) is 19.6 Å². The van der Waals surface area contributed by atoms with Crippen molar-refractivity contribution in [1.29, 1.82) is 5.26 Å². The zero-order valence-electron chi connectivity index (χ0n) is 16.4. The van der Waals surface area contributed by atoms with Crippen LogP contribution in [0.15, 0.2) is 24.3 Å². The molecule has 1 aliphatic rings. The molecule has 8 nitrogen and oxygen atoms in total. The van der Waals surface area contributed by atoms with Crippen molar-refractivity contribution >= 4 is 17.9 Å². The molecule has 1 aliphatic carbocycles. The van der Waals surface area contributed by atoms with Gasteiger partial charge in [-0.3, -0.25) is 4.79 Å². The molecule has 2 rings (SSSR count). The second-order valence-corrected chi connectivity index (χ2v) is 7.39. The number of nitriles is 1. The van der Waals surface area contributed by atoms with E-state index in [1.165, 1.54) is 0 Å². The fraction of sp³-hybridized carbons (Fsp3) is 0.500. The minimum absolute atomic E-state index is 0.0460. The molecule has 0 saturated heterocycles. The summed E-state index contributed by atoms with van der Waals surface area (Å²) in [5.41, 5.74) is 0.204. The number of hydrogen-bond donors (Lipinski definition) is 3. The average Bonchev–Trinajstić information content (AvgIpc) is 3.50. The number of nitrogens with one attached hydrogen (secondary N) is 3. The number of rotatable bonds is 8. The van der Waals surface area contributed by atoms with Gasteiger partial charge in [-0.05, 0) is 57.2 Å². The van der Waals surface area contributed by atoms with Gasteiger partial charge in [-0.2, -0.15) is 5.26 Å². The molecule has 0 unspecified atom stereocenters. The van der Waals surface area contributed by atoms with E-state index in [-0.39, 0.29) is 18.0 Å². The molecule has 0 aromatic heterocycles. The average molecular weight is 386 g/mol. The quantitative estimate of drug-likeness (QED) is 0.589. The highest BCUT2D eigenvalue weighted by atomic mass is 16.5. The third-order valence-corrected chi connectivity index (χ3v) is 4.42. The Morgan fingerprint density at radius 1 is 1.25 bits per heavy atom. The van der Waals surface area contributed by atoms with Crippen LogP contribution in [-0.2, 0) is 16.1 Å². The lowest BCUT2D eigenvalue weighted by atomic mass is 9.98. The normalized spacial score (nSPS) is 15.1. The Labute approximate surface area is 164 Å². The van der Waals surface area contributed by atoms with Gasteiger partial charge in [-0.15, -0.1) is 0 Å². The highest BCUT2D eigenvalue weighted by Crippen LogP contribution is 2.39. The maximum atomic E-state index is 12.1. The van der Waals surface area contributed by atoms with Gasteiger partial charge in [0.05, 0.1) is 11.6 Å². The first-order chi connectivity index (χ1) is 13.2. The topological polar surface area (TPSA) is 120 Å². The van der Waals surface area contributed by atoms with Gasteiger partial charge in [0, 0.05) is 12.6 Å². The summed E-state index contributed by atoms with van der Waals surface area (Å²) in [5.74, 6) is -0.973. The van der Waals surface area contributed by atoms with E-state index in [2.05, 4.69) is 22.0 Å². The Hall–Kier alpha value is -3.08. The lowest BCUT2D eigenvalue weighted by Gasteiger charge is -2.22. The molecular formula is C20H26N4O4. The zero-order valence-corrected chi connectivity index (χ0v) is 16.4. The van der Waals surface area contributed by atoms with Crippen molar-refractivity contribution in [3.8, 4) is 6.07 Å². The van der Waals surface area contributed by atoms with E-state index in [1.54, 1.807) is 31.2 Å². The molecule has 1 atom stereocenters. The molecule has 150 valence electrons.